The number of amides is 1. The minimum Gasteiger partial charge on any atom is -0.507 e. The number of hydrogen-bond acceptors (Lipinski definition) is 2. The molecule has 0 atom stereocenters. The van der Waals surface area contributed by atoms with Gasteiger partial charge in [0, 0.05) is 5.69 Å². The molecule has 3 nitrogen and oxygen atoms in total. The minimum atomic E-state index is -0.224. The SMILES string of the molecule is O=C(c1ccccc1O)N(Cc1ccccc1)c1ccccc1. The predicted molar refractivity (Wildman–Crippen MR) is 91.5 cm³/mol. The molecule has 0 heterocycles. The second kappa shape index (κ2) is 6.79. The van der Waals surface area contributed by atoms with Crippen LogP contribution in [-0.4, -0.2) is 11.0 Å². The van der Waals surface area contributed by atoms with E-state index < -0.39 is 0 Å². The van der Waals surface area contributed by atoms with Crippen LogP contribution in [0.2, 0.25) is 0 Å². The number of benzene rings is 3. The summed E-state index contributed by atoms with van der Waals surface area (Å²) in [7, 11) is 0. The Kier molecular flexibility index (Phi) is 4.39. The average molecular weight is 303 g/mol. The monoisotopic (exact) mass is 303 g/mol. The van der Waals surface area contributed by atoms with Crippen LogP contribution in [0.3, 0.4) is 0 Å². The van der Waals surface area contributed by atoms with E-state index in [0.717, 1.165) is 11.3 Å². The molecule has 0 unspecified atom stereocenters. The van der Waals surface area contributed by atoms with Gasteiger partial charge in [0.1, 0.15) is 5.75 Å². The molecule has 0 aliphatic rings. The Morgan fingerprint density at radius 1 is 0.783 bits per heavy atom. The number of phenolic OH excluding ortho intramolecular Hbond substituents is 1. The topological polar surface area (TPSA) is 40.5 Å². The molecule has 1 amide bonds. The normalized spacial score (nSPS) is 10.3. The van der Waals surface area contributed by atoms with Gasteiger partial charge in [0.15, 0.2) is 0 Å². The smallest absolute Gasteiger partial charge is 0.262 e. The summed E-state index contributed by atoms with van der Waals surface area (Å²) in [5.41, 5.74) is 2.12. The van der Waals surface area contributed by atoms with Gasteiger partial charge in [0.2, 0.25) is 0 Å². The fourth-order valence-electron chi connectivity index (χ4n) is 2.45. The molecule has 3 aromatic rings. The highest BCUT2D eigenvalue weighted by molar-refractivity contribution is 6.07. The van der Waals surface area contributed by atoms with Crippen molar-refractivity contribution in [3.05, 3.63) is 96.1 Å². The van der Waals surface area contributed by atoms with Crippen LogP contribution in [0.4, 0.5) is 5.69 Å². The molecule has 0 aliphatic heterocycles. The minimum absolute atomic E-state index is 0.00788. The summed E-state index contributed by atoms with van der Waals surface area (Å²) in [6.07, 6.45) is 0. The highest BCUT2D eigenvalue weighted by atomic mass is 16.3. The van der Waals surface area contributed by atoms with Crippen molar-refractivity contribution >= 4 is 11.6 Å². The second-order valence-electron chi connectivity index (χ2n) is 5.23. The maximum absolute atomic E-state index is 12.9. The van der Waals surface area contributed by atoms with Gasteiger partial charge >= 0.3 is 0 Å². The molecule has 3 aromatic carbocycles. The molecule has 3 rings (SSSR count). The summed E-state index contributed by atoms with van der Waals surface area (Å²) < 4.78 is 0. The zero-order valence-corrected chi connectivity index (χ0v) is 12.6. The summed E-state index contributed by atoms with van der Waals surface area (Å²) in [5, 5.41) is 10.00. The van der Waals surface area contributed by atoms with Crippen molar-refractivity contribution in [2.45, 2.75) is 6.54 Å². The van der Waals surface area contributed by atoms with Crippen LogP contribution in [0.5, 0.6) is 5.75 Å². The summed E-state index contributed by atoms with van der Waals surface area (Å²) in [4.78, 5) is 14.6. The van der Waals surface area contributed by atoms with Gasteiger partial charge in [0.25, 0.3) is 5.91 Å². The van der Waals surface area contributed by atoms with Gasteiger partial charge < -0.3 is 10.0 Å². The summed E-state index contributed by atoms with van der Waals surface area (Å²) in [6.45, 7) is 0.442. The van der Waals surface area contributed by atoms with Crippen molar-refractivity contribution in [3.8, 4) is 5.75 Å². The molecular weight excluding hydrogens is 286 g/mol. The number of rotatable bonds is 4. The first kappa shape index (κ1) is 14.9. The number of phenols is 1. The molecule has 0 bridgehead atoms. The van der Waals surface area contributed by atoms with Gasteiger partial charge in [-0.2, -0.15) is 0 Å². The third-order valence-corrected chi connectivity index (χ3v) is 3.63. The fourth-order valence-corrected chi connectivity index (χ4v) is 2.45. The van der Waals surface area contributed by atoms with E-state index in [1.165, 1.54) is 6.07 Å². The van der Waals surface area contributed by atoms with Crippen LogP contribution < -0.4 is 4.90 Å². The Bertz CT molecular complexity index is 785. The summed E-state index contributed by atoms with van der Waals surface area (Å²) >= 11 is 0. The molecule has 1 N–H and O–H groups in total. The molecule has 3 heteroatoms. The molecule has 114 valence electrons. The molecule has 0 aromatic heterocycles. The zero-order valence-electron chi connectivity index (χ0n) is 12.6. The third kappa shape index (κ3) is 3.40. The predicted octanol–water partition coefficient (Wildman–Crippen LogP) is 4.24. The fraction of sp³-hybridized carbons (Fsp3) is 0.0500. The maximum atomic E-state index is 12.9. The lowest BCUT2D eigenvalue weighted by molar-refractivity contribution is 0.0982. The molecule has 0 aliphatic carbocycles. The lowest BCUT2D eigenvalue weighted by Gasteiger charge is -2.23. The molecular formula is C20H17NO2. The van der Waals surface area contributed by atoms with Crippen LogP contribution in [-0.2, 0) is 6.54 Å². The highest BCUT2D eigenvalue weighted by Crippen LogP contribution is 2.24. The largest absolute Gasteiger partial charge is 0.507 e. The Hall–Kier alpha value is -3.07. The maximum Gasteiger partial charge on any atom is 0.262 e. The number of carbonyl (C=O) groups excluding carboxylic acids is 1. The van der Waals surface area contributed by atoms with Crippen molar-refractivity contribution in [2.24, 2.45) is 0 Å². The Labute approximate surface area is 135 Å². The van der Waals surface area contributed by atoms with Crippen molar-refractivity contribution in [3.63, 3.8) is 0 Å². The van der Waals surface area contributed by atoms with Crippen molar-refractivity contribution < 1.29 is 9.90 Å². The Morgan fingerprint density at radius 2 is 1.35 bits per heavy atom. The molecule has 23 heavy (non-hydrogen) atoms. The molecule has 0 spiro atoms. The van der Waals surface area contributed by atoms with Gasteiger partial charge in [-0.15, -0.1) is 0 Å². The van der Waals surface area contributed by atoms with Gasteiger partial charge in [-0.05, 0) is 29.8 Å². The van der Waals surface area contributed by atoms with Crippen LogP contribution in [0.15, 0.2) is 84.9 Å². The summed E-state index contributed by atoms with van der Waals surface area (Å²) in [6, 6.07) is 25.9. The second-order valence-corrected chi connectivity index (χ2v) is 5.23. The molecule has 0 fully saturated rings. The standard InChI is InChI=1S/C20H17NO2/c22-19-14-8-7-13-18(19)20(23)21(17-11-5-2-6-12-17)15-16-9-3-1-4-10-16/h1-14,22H,15H2. The molecule has 0 saturated carbocycles. The van der Waals surface area contributed by atoms with Crippen LogP contribution in [0.1, 0.15) is 15.9 Å². The number of carbonyl (C=O) groups is 1. The van der Waals surface area contributed by atoms with E-state index in [9.17, 15) is 9.90 Å². The van der Waals surface area contributed by atoms with Crippen molar-refractivity contribution in [1.29, 1.82) is 0 Å². The van der Waals surface area contributed by atoms with Crippen LogP contribution in [0.25, 0.3) is 0 Å². The van der Waals surface area contributed by atoms with Gasteiger partial charge in [-0.1, -0.05) is 60.7 Å². The van der Waals surface area contributed by atoms with E-state index in [1.807, 2.05) is 60.7 Å². The Balaban J connectivity index is 1.98. The van der Waals surface area contributed by atoms with E-state index in [4.69, 9.17) is 0 Å². The summed E-state index contributed by atoms with van der Waals surface area (Å²) in [5.74, 6) is -0.232. The van der Waals surface area contributed by atoms with Gasteiger partial charge in [-0.25, -0.2) is 0 Å². The number of para-hydroxylation sites is 2. The quantitative estimate of drug-likeness (QED) is 0.783. The first-order chi connectivity index (χ1) is 11.3. The van der Waals surface area contributed by atoms with Crippen molar-refractivity contribution in [2.75, 3.05) is 4.90 Å². The van der Waals surface area contributed by atoms with E-state index in [-0.39, 0.29) is 11.7 Å². The molecule has 0 saturated heterocycles. The van der Waals surface area contributed by atoms with Gasteiger partial charge in [-0.3, -0.25) is 4.79 Å². The van der Waals surface area contributed by atoms with E-state index in [2.05, 4.69) is 0 Å². The Morgan fingerprint density at radius 3 is 2.00 bits per heavy atom. The first-order valence-electron chi connectivity index (χ1n) is 7.44. The first-order valence-corrected chi connectivity index (χ1v) is 7.44. The number of anilines is 1. The van der Waals surface area contributed by atoms with Gasteiger partial charge in [0.05, 0.1) is 12.1 Å². The number of hydrogen-bond donors (Lipinski definition) is 1. The van der Waals surface area contributed by atoms with Crippen LogP contribution in [0, 0.1) is 0 Å². The third-order valence-electron chi connectivity index (χ3n) is 3.63. The van der Waals surface area contributed by atoms with Crippen LogP contribution >= 0.6 is 0 Å². The number of aromatic hydroxyl groups is 1. The average Bonchev–Trinajstić information content (AvgIpc) is 2.61. The highest BCUT2D eigenvalue weighted by Gasteiger charge is 2.20. The molecule has 0 radical (unpaired) electrons. The zero-order chi connectivity index (χ0) is 16.1. The number of nitrogens with zero attached hydrogens (tertiary/aromatic N) is 1. The lowest BCUT2D eigenvalue weighted by atomic mass is 10.1. The van der Waals surface area contributed by atoms with E-state index in [1.54, 1.807) is 23.1 Å². The van der Waals surface area contributed by atoms with Crippen molar-refractivity contribution in [1.82, 2.24) is 0 Å². The lowest BCUT2D eigenvalue weighted by Crippen LogP contribution is -2.30. The van der Waals surface area contributed by atoms with E-state index in [0.29, 0.717) is 12.1 Å². The van der Waals surface area contributed by atoms with E-state index >= 15 is 0 Å².